The summed E-state index contributed by atoms with van der Waals surface area (Å²) in [6.45, 7) is 8.99. The normalized spacial score (nSPS) is 14.2. The minimum absolute atomic E-state index is 0.211. The molecule has 2 aromatic rings. The Kier molecular flexibility index (Phi) is 7.42. The maximum absolute atomic E-state index is 12.5. The molecule has 0 spiro atoms. The van der Waals surface area contributed by atoms with Gasteiger partial charge in [-0.25, -0.2) is 9.59 Å². The van der Waals surface area contributed by atoms with E-state index in [0.29, 0.717) is 23.3 Å². The van der Waals surface area contributed by atoms with Crippen LogP contribution in [-0.4, -0.2) is 29.1 Å². The first-order valence-corrected chi connectivity index (χ1v) is 9.95. The number of carboxylic acid groups (broad SMARTS) is 1. The van der Waals surface area contributed by atoms with Crippen molar-refractivity contribution in [3.8, 4) is 5.75 Å². The largest absolute Gasteiger partial charge is 0.480 e. The number of rotatable bonds is 9. The van der Waals surface area contributed by atoms with Crippen LogP contribution in [0.3, 0.4) is 0 Å². The lowest BCUT2D eigenvalue weighted by molar-refractivity contribution is -0.144. The molecule has 1 aromatic heterocycles. The minimum Gasteiger partial charge on any atom is -0.480 e. The van der Waals surface area contributed by atoms with Crippen molar-refractivity contribution in [2.24, 2.45) is 5.92 Å². The maximum Gasteiger partial charge on any atom is 0.336 e. The Hall–Kier alpha value is -2.83. The van der Waals surface area contributed by atoms with Crippen LogP contribution in [0.15, 0.2) is 27.4 Å². The van der Waals surface area contributed by atoms with Crippen molar-refractivity contribution in [1.29, 1.82) is 0 Å². The van der Waals surface area contributed by atoms with Gasteiger partial charge in [0.1, 0.15) is 17.4 Å². The number of carboxylic acids is 1. The van der Waals surface area contributed by atoms with Gasteiger partial charge in [0.2, 0.25) is 0 Å². The fourth-order valence-electron chi connectivity index (χ4n) is 3.21. The van der Waals surface area contributed by atoms with Crippen LogP contribution in [0.4, 0.5) is 0 Å². The molecule has 29 heavy (non-hydrogen) atoms. The monoisotopic (exact) mass is 403 g/mol. The molecule has 1 heterocycles. The van der Waals surface area contributed by atoms with Gasteiger partial charge in [0.05, 0.1) is 0 Å². The van der Waals surface area contributed by atoms with Crippen molar-refractivity contribution < 1.29 is 23.8 Å². The van der Waals surface area contributed by atoms with Gasteiger partial charge in [-0.2, -0.15) is 0 Å². The first-order valence-electron chi connectivity index (χ1n) is 9.95. The van der Waals surface area contributed by atoms with Crippen LogP contribution in [0.2, 0.25) is 0 Å². The predicted molar refractivity (Wildman–Crippen MR) is 110 cm³/mol. The highest BCUT2D eigenvalue weighted by molar-refractivity contribution is 5.87. The molecular weight excluding hydrogens is 374 g/mol. The van der Waals surface area contributed by atoms with Crippen molar-refractivity contribution in [1.82, 2.24) is 5.32 Å². The van der Waals surface area contributed by atoms with E-state index in [9.17, 15) is 19.5 Å². The topological polar surface area (TPSA) is 106 Å². The Morgan fingerprint density at radius 3 is 2.52 bits per heavy atom. The third-order valence-electron chi connectivity index (χ3n) is 5.17. The first kappa shape index (κ1) is 22.5. The van der Waals surface area contributed by atoms with Crippen molar-refractivity contribution >= 4 is 22.8 Å². The molecule has 0 radical (unpaired) electrons. The first-order chi connectivity index (χ1) is 13.7. The summed E-state index contributed by atoms with van der Waals surface area (Å²) in [7, 11) is 0. The molecule has 7 nitrogen and oxygen atoms in total. The molecule has 1 aromatic carbocycles. The Labute approximate surface area is 170 Å². The summed E-state index contributed by atoms with van der Waals surface area (Å²) in [6.07, 6.45) is 1.36. The highest BCUT2D eigenvalue weighted by atomic mass is 16.5. The van der Waals surface area contributed by atoms with Gasteiger partial charge in [0.15, 0.2) is 6.10 Å². The molecule has 0 fully saturated rings. The molecular formula is C22H29NO6. The molecule has 0 saturated carbocycles. The second-order valence-electron chi connectivity index (χ2n) is 7.38. The molecule has 0 unspecified atom stereocenters. The summed E-state index contributed by atoms with van der Waals surface area (Å²) in [5.41, 5.74) is 1.55. The van der Waals surface area contributed by atoms with Crippen molar-refractivity contribution in [2.45, 2.75) is 66.0 Å². The number of hydrogen-bond donors (Lipinski definition) is 2. The zero-order chi connectivity index (χ0) is 21.7. The zero-order valence-electron chi connectivity index (χ0n) is 17.6. The van der Waals surface area contributed by atoms with Crippen LogP contribution in [0, 0.1) is 12.8 Å². The number of amides is 1. The second kappa shape index (κ2) is 9.58. The number of fused-ring (bicyclic) bond motifs is 1. The standard InChI is InChI=1S/C22H29NO6/c1-6-8-15-11-18(24)29-20-13(4)17(10-9-16(15)20)28-14(5)21(25)23-19(22(26)27)12(3)7-2/h9-12,14,19H,6-8H2,1-5H3,(H,23,25)(H,26,27)/t12-,14+,19+/m1/s1. The SMILES string of the molecule is CCCc1cc(=O)oc2c(C)c(O[C@@H](C)C(=O)N[C@H](C(=O)O)[C@H](C)CC)ccc12. The smallest absolute Gasteiger partial charge is 0.336 e. The van der Waals surface area contributed by atoms with Gasteiger partial charge in [0.25, 0.3) is 5.91 Å². The molecule has 1 amide bonds. The van der Waals surface area contributed by atoms with Gasteiger partial charge >= 0.3 is 11.6 Å². The molecule has 0 aliphatic rings. The van der Waals surface area contributed by atoms with Crippen LogP contribution in [0.5, 0.6) is 5.75 Å². The van der Waals surface area contributed by atoms with E-state index < -0.39 is 29.6 Å². The van der Waals surface area contributed by atoms with Crippen LogP contribution < -0.4 is 15.7 Å². The van der Waals surface area contributed by atoms with Crippen LogP contribution in [-0.2, 0) is 16.0 Å². The van der Waals surface area contributed by atoms with E-state index in [1.54, 1.807) is 26.8 Å². The lowest BCUT2D eigenvalue weighted by Crippen LogP contribution is -2.49. The number of aliphatic carboxylic acids is 1. The number of ether oxygens (including phenoxy) is 1. The zero-order valence-corrected chi connectivity index (χ0v) is 17.6. The van der Waals surface area contributed by atoms with E-state index >= 15 is 0 Å². The van der Waals surface area contributed by atoms with E-state index in [2.05, 4.69) is 5.32 Å². The Balaban J connectivity index is 2.27. The third kappa shape index (κ3) is 5.16. The number of carbonyl (C=O) groups is 2. The summed E-state index contributed by atoms with van der Waals surface area (Å²) in [4.78, 5) is 35.8. The lowest BCUT2D eigenvalue weighted by Gasteiger charge is -2.23. The molecule has 0 bridgehead atoms. The molecule has 0 aliphatic heterocycles. The highest BCUT2D eigenvalue weighted by Crippen LogP contribution is 2.29. The Morgan fingerprint density at radius 1 is 1.24 bits per heavy atom. The van der Waals surface area contributed by atoms with Gasteiger partial charge < -0.3 is 19.6 Å². The third-order valence-corrected chi connectivity index (χ3v) is 5.17. The second-order valence-corrected chi connectivity index (χ2v) is 7.38. The molecule has 3 atom stereocenters. The fraction of sp³-hybridized carbons (Fsp3) is 0.500. The van der Waals surface area contributed by atoms with Crippen LogP contribution in [0.25, 0.3) is 11.0 Å². The maximum atomic E-state index is 12.5. The van der Waals surface area contributed by atoms with Crippen molar-refractivity contribution in [3.63, 3.8) is 0 Å². The van der Waals surface area contributed by atoms with E-state index in [-0.39, 0.29) is 5.92 Å². The van der Waals surface area contributed by atoms with E-state index in [0.717, 1.165) is 23.8 Å². The predicted octanol–water partition coefficient (Wildman–Crippen LogP) is 3.44. The fourth-order valence-corrected chi connectivity index (χ4v) is 3.21. The van der Waals surface area contributed by atoms with Crippen LogP contribution in [0.1, 0.15) is 51.7 Å². The van der Waals surface area contributed by atoms with Gasteiger partial charge in [0, 0.05) is 17.0 Å². The number of nitrogens with one attached hydrogen (secondary N) is 1. The summed E-state index contributed by atoms with van der Waals surface area (Å²) in [6, 6.07) is 4.08. The van der Waals surface area contributed by atoms with Crippen molar-refractivity contribution in [3.05, 3.63) is 39.7 Å². The molecule has 0 saturated heterocycles. The highest BCUT2D eigenvalue weighted by Gasteiger charge is 2.28. The minimum atomic E-state index is -1.08. The average Bonchev–Trinajstić information content (AvgIpc) is 2.67. The van der Waals surface area contributed by atoms with Gasteiger partial charge in [-0.3, -0.25) is 4.79 Å². The molecule has 0 aliphatic carbocycles. The lowest BCUT2D eigenvalue weighted by atomic mass is 9.99. The molecule has 158 valence electrons. The Bertz CT molecular complexity index is 948. The average molecular weight is 403 g/mol. The summed E-state index contributed by atoms with van der Waals surface area (Å²) >= 11 is 0. The van der Waals surface area contributed by atoms with Gasteiger partial charge in [-0.05, 0) is 43.9 Å². The van der Waals surface area contributed by atoms with Gasteiger partial charge in [-0.1, -0.05) is 33.6 Å². The number of hydrogen-bond acceptors (Lipinski definition) is 5. The van der Waals surface area contributed by atoms with Crippen molar-refractivity contribution in [2.75, 3.05) is 0 Å². The Morgan fingerprint density at radius 2 is 1.93 bits per heavy atom. The van der Waals surface area contributed by atoms with Crippen LogP contribution >= 0.6 is 0 Å². The summed E-state index contributed by atoms with van der Waals surface area (Å²) in [5, 5.41) is 12.7. The van der Waals surface area contributed by atoms with E-state index in [1.165, 1.54) is 6.07 Å². The molecule has 2 rings (SSSR count). The van der Waals surface area contributed by atoms with Gasteiger partial charge in [-0.15, -0.1) is 0 Å². The molecule has 2 N–H and O–H groups in total. The number of benzene rings is 1. The summed E-state index contributed by atoms with van der Waals surface area (Å²) < 4.78 is 11.2. The molecule has 7 heteroatoms. The van der Waals surface area contributed by atoms with E-state index in [1.807, 2.05) is 19.9 Å². The summed E-state index contributed by atoms with van der Waals surface area (Å²) in [5.74, 6) is -1.39. The number of aryl methyl sites for hydroxylation is 2. The number of carbonyl (C=O) groups excluding carboxylic acids is 1. The quantitative estimate of drug-likeness (QED) is 0.621. The van der Waals surface area contributed by atoms with E-state index in [4.69, 9.17) is 9.15 Å².